The van der Waals surface area contributed by atoms with Gasteiger partial charge in [-0.25, -0.2) is 9.78 Å². The van der Waals surface area contributed by atoms with Crippen LogP contribution in [0.3, 0.4) is 0 Å². The van der Waals surface area contributed by atoms with Crippen LogP contribution in [0.25, 0.3) is 11.0 Å². The monoisotopic (exact) mass is 405 g/mol. The number of hydrogen-bond donors (Lipinski definition) is 2. The highest BCUT2D eigenvalue weighted by molar-refractivity contribution is 5.96. The Morgan fingerprint density at radius 3 is 2.53 bits per heavy atom. The quantitative estimate of drug-likeness (QED) is 0.660. The minimum atomic E-state index is -0.598. The molecule has 4 rings (SSSR count). The highest BCUT2D eigenvalue weighted by atomic mass is 16.2. The summed E-state index contributed by atoms with van der Waals surface area (Å²) >= 11 is 0. The number of imidazole rings is 1. The molecule has 2 aromatic carbocycles. The van der Waals surface area contributed by atoms with Crippen LogP contribution >= 0.6 is 0 Å². The number of anilines is 1. The molecule has 0 unspecified atom stereocenters. The van der Waals surface area contributed by atoms with Gasteiger partial charge in [0, 0.05) is 19.6 Å². The minimum Gasteiger partial charge on any atom is -0.350 e. The van der Waals surface area contributed by atoms with Crippen molar-refractivity contribution in [1.82, 2.24) is 20.2 Å². The minimum absolute atomic E-state index is 0.173. The topological polar surface area (TPSA) is 79.3 Å². The van der Waals surface area contributed by atoms with E-state index < -0.39 is 6.04 Å². The lowest BCUT2D eigenvalue weighted by molar-refractivity contribution is -0.123. The highest BCUT2D eigenvalue weighted by Gasteiger charge is 2.31. The number of fused-ring (bicyclic) bond motifs is 3. The number of hydrogen-bond acceptors (Lipinski definition) is 3. The average Bonchev–Trinajstić information content (AvgIpc) is 3.31. The molecule has 30 heavy (non-hydrogen) atoms. The van der Waals surface area contributed by atoms with Gasteiger partial charge in [-0.2, -0.15) is 0 Å². The number of nitrogens with one attached hydrogen (secondary N) is 2. The summed E-state index contributed by atoms with van der Waals surface area (Å²) in [6.07, 6.45) is 0.566. The van der Waals surface area contributed by atoms with Gasteiger partial charge in [-0.15, -0.1) is 0 Å². The van der Waals surface area contributed by atoms with Gasteiger partial charge in [0.2, 0.25) is 11.9 Å². The number of aromatic nitrogens is 2. The van der Waals surface area contributed by atoms with Crippen LogP contribution in [0.4, 0.5) is 10.7 Å². The van der Waals surface area contributed by atoms with Gasteiger partial charge in [0.15, 0.2) is 0 Å². The van der Waals surface area contributed by atoms with Gasteiger partial charge in [0.05, 0.1) is 11.0 Å². The molecule has 0 radical (unpaired) electrons. The van der Waals surface area contributed by atoms with Gasteiger partial charge in [-0.3, -0.25) is 9.69 Å². The summed E-state index contributed by atoms with van der Waals surface area (Å²) < 4.78 is 2.04. The van der Waals surface area contributed by atoms with Gasteiger partial charge in [-0.05, 0) is 30.0 Å². The second-order valence-electron chi connectivity index (χ2n) is 8.04. The van der Waals surface area contributed by atoms with Crippen molar-refractivity contribution >= 4 is 28.9 Å². The first-order valence-electron chi connectivity index (χ1n) is 10.4. The third-order valence-corrected chi connectivity index (χ3v) is 5.30. The lowest BCUT2D eigenvalue weighted by atomic mass is 10.0. The number of benzene rings is 2. The standard InChI is InChI=1S/C23H27N5O2/c1-16(2)14-19(21(29)24-15-17-8-4-3-5-9-17)26-23(30)28-13-12-27-20-11-7-6-10-18(20)25-22(27)28/h3-11,16,19H,12-15H2,1-2H3,(H,24,29)(H,26,30)/t19-/m0/s1. The molecule has 3 aromatic rings. The van der Waals surface area contributed by atoms with E-state index >= 15 is 0 Å². The maximum atomic E-state index is 13.0. The number of carbonyl (C=O) groups excluding carboxylic acids is 2. The number of para-hydroxylation sites is 2. The van der Waals surface area contributed by atoms with E-state index in [2.05, 4.69) is 15.6 Å². The molecule has 0 aliphatic carbocycles. The van der Waals surface area contributed by atoms with Crippen LogP contribution in [0.15, 0.2) is 54.6 Å². The molecule has 0 saturated carbocycles. The van der Waals surface area contributed by atoms with Crippen LogP contribution in [0.2, 0.25) is 0 Å². The van der Waals surface area contributed by atoms with E-state index in [1.165, 1.54) is 0 Å². The molecule has 1 aliphatic rings. The van der Waals surface area contributed by atoms with E-state index in [0.29, 0.717) is 32.0 Å². The summed E-state index contributed by atoms with van der Waals surface area (Å²) in [6, 6.07) is 16.7. The molecule has 7 heteroatoms. The SMILES string of the molecule is CC(C)C[C@H](NC(=O)N1CCn2c1nc1ccccc12)C(=O)NCc1ccccc1. The van der Waals surface area contributed by atoms with Crippen molar-refractivity contribution in [3.63, 3.8) is 0 Å². The van der Waals surface area contributed by atoms with E-state index in [1.807, 2.05) is 73.0 Å². The Morgan fingerprint density at radius 1 is 1.03 bits per heavy atom. The molecule has 156 valence electrons. The first-order chi connectivity index (χ1) is 14.5. The van der Waals surface area contributed by atoms with Gasteiger partial charge >= 0.3 is 6.03 Å². The maximum Gasteiger partial charge on any atom is 0.324 e. The van der Waals surface area contributed by atoms with E-state index in [0.717, 1.165) is 16.6 Å². The van der Waals surface area contributed by atoms with Crippen LogP contribution in [-0.2, 0) is 17.9 Å². The molecule has 0 saturated heterocycles. The van der Waals surface area contributed by atoms with Crippen molar-refractivity contribution in [3.8, 4) is 0 Å². The van der Waals surface area contributed by atoms with Crippen molar-refractivity contribution in [2.24, 2.45) is 5.92 Å². The normalized spacial score (nSPS) is 14.0. The summed E-state index contributed by atoms with van der Waals surface area (Å²) in [4.78, 5) is 32.1. The summed E-state index contributed by atoms with van der Waals surface area (Å²) in [6.45, 7) is 5.75. The predicted octanol–water partition coefficient (Wildman–Crippen LogP) is 3.30. The number of nitrogens with zero attached hydrogens (tertiary/aromatic N) is 3. The van der Waals surface area contributed by atoms with Gasteiger partial charge in [0.25, 0.3) is 0 Å². The second kappa shape index (κ2) is 8.57. The van der Waals surface area contributed by atoms with E-state index in [1.54, 1.807) is 4.90 Å². The molecular formula is C23H27N5O2. The van der Waals surface area contributed by atoms with Gasteiger partial charge in [-0.1, -0.05) is 56.3 Å². The van der Waals surface area contributed by atoms with Crippen molar-refractivity contribution in [2.75, 3.05) is 11.4 Å². The second-order valence-corrected chi connectivity index (χ2v) is 8.04. The molecule has 7 nitrogen and oxygen atoms in total. The van der Waals surface area contributed by atoms with E-state index in [9.17, 15) is 9.59 Å². The summed E-state index contributed by atoms with van der Waals surface area (Å²) in [5, 5.41) is 5.88. The Morgan fingerprint density at radius 2 is 1.77 bits per heavy atom. The Labute approximate surface area is 176 Å². The zero-order valence-electron chi connectivity index (χ0n) is 17.3. The average molecular weight is 406 g/mol. The first kappa shape index (κ1) is 19.9. The molecule has 2 N–H and O–H groups in total. The molecule has 0 bridgehead atoms. The zero-order chi connectivity index (χ0) is 21.1. The third-order valence-electron chi connectivity index (χ3n) is 5.30. The lowest BCUT2D eigenvalue weighted by Gasteiger charge is -2.23. The van der Waals surface area contributed by atoms with Gasteiger partial charge in [0.1, 0.15) is 6.04 Å². The van der Waals surface area contributed by atoms with Crippen molar-refractivity contribution in [1.29, 1.82) is 0 Å². The largest absolute Gasteiger partial charge is 0.350 e. The molecule has 1 aliphatic heterocycles. The van der Waals surface area contributed by atoms with E-state index in [4.69, 9.17) is 0 Å². The first-order valence-corrected chi connectivity index (χ1v) is 10.4. The maximum absolute atomic E-state index is 13.0. The van der Waals surface area contributed by atoms with E-state index in [-0.39, 0.29) is 17.9 Å². The van der Waals surface area contributed by atoms with Crippen LogP contribution < -0.4 is 15.5 Å². The number of carbonyl (C=O) groups is 2. The molecular weight excluding hydrogens is 378 g/mol. The van der Waals surface area contributed by atoms with Crippen LogP contribution in [0, 0.1) is 5.92 Å². The third kappa shape index (κ3) is 4.15. The molecule has 1 atom stereocenters. The van der Waals surface area contributed by atoms with Crippen molar-refractivity contribution in [2.45, 2.75) is 39.4 Å². The fourth-order valence-electron chi connectivity index (χ4n) is 3.82. The number of rotatable bonds is 6. The highest BCUT2D eigenvalue weighted by Crippen LogP contribution is 2.27. The summed E-state index contributed by atoms with van der Waals surface area (Å²) in [7, 11) is 0. The lowest BCUT2D eigenvalue weighted by Crippen LogP contribution is -2.51. The fourth-order valence-corrected chi connectivity index (χ4v) is 3.82. The molecule has 2 heterocycles. The molecule has 1 aromatic heterocycles. The smallest absolute Gasteiger partial charge is 0.324 e. The summed E-state index contributed by atoms with van der Waals surface area (Å²) in [5.74, 6) is 0.719. The molecule has 0 fully saturated rings. The van der Waals surface area contributed by atoms with Crippen LogP contribution in [0.5, 0.6) is 0 Å². The Bertz CT molecular complexity index is 1040. The summed E-state index contributed by atoms with van der Waals surface area (Å²) in [5.41, 5.74) is 2.90. The Kier molecular flexibility index (Phi) is 5.70. The van der Waals surface area contributed by atoms with Crippen molar-refractivity contribution < 1.29 is 9.59 Å². The Balaban J connectivity index is 1.46. The predicted molar refractivity (Wildman–Crippen MR) is 117 cm³/mol. The van der Waals surface area contributed by atoms with Crippen LogP contribution in [-0.4, -0.2) is 34.1 Å². The fraction of sp³-hybridized carbons (Fsp3) is 0.348. The number of urea groups is 1. The molecule has 3 amide bonds. The Hall–Kier alpha value is -3.35. The van der Waals surface area contributed by atoms with Crippen molar-refractivity contribution in [3.05, 3.63) is 60.2 Å². The zero-order valence-corrected chi connectivity index (χ0v) is 17.3. The number of amides is 3. The van der Waals surface area contributed by atoms with Crippen LogP contribution in [0.1, 0.15) is 25.8 Å². The molecule has 0 spiro atoms. The van der Waals surface area contributed by atoms with Gasteiger partial charge < -0.3 is 15.2 Å².